The van der Waals surface area contributed by atoms with E-state index in [9.17, 15) is 0 Å². The van der Waals surface area contributed by atoms with Gasteiger partial charge in [0.2, 0.25) is 0 Å². The number of unbranched alkanes of at least 4 members (excludes halogenated alkanes) is 4. The molecule has 0 radical (unpaired) electrons. The molecule has 4 unspecified atom stereocenters. The Kier molecular flexibility index (Phi) is 20.9. The molecule has 4 aliphatic heterocycles. The minimum atomic E-state index is -0.0575. The molecule has 87 heavy (non-hydrogen) atoms. The average molecular weight is 1290 g/mol. The molecule has 0 N–H and O–H groups in total. The van der Waals surface area contributed by atoms with Crippen LogP contribution >= 0.6 is 79.4 Å². The van der Waals surface area contributed by atoms with Gasteiger partial charge >= 0.3 is 0 Å². The van der Waals surface area contributed by atoms with Gasteiger partial charge in [0.1, 0.15) is 0 Å². The number of thiophene rings is 7. The normalized spacial score (nSPS) is 16.8. The van der Waals surface area contributed by atoms with Gasteiger partial charge in [-0.25, -0.2) is 0 Å². The molecule has 15 heteroatoms. The molecule has 0 aliphatic carbocycles. The van der Waals surface area contributed by atoms with Gasteiger partial charge < -0.3 is 19.6 Å². The fraction of sp³-hybridized carbons (Fsp3) is 0.444. The Morgan fingerprint density at radius 2 is 0.517 bits per heavy atom. The first-order valence-corrected chi connectivity index (χ1v) is 38.2. The molecule has 0 fully saturated rings. The number of rotatable bonds is 32. The molecule has 0 aromatic carbocycles. The van der Waals surface area contributed by atoms with E-state index in [2.05, 4.69) is 151 Å². The van der Waals surface area contributed by atoms with E-state index in [1.54, 1.807) is 79.4 Å². The van der Waals surface area contributed by atoms with Crippen molar-refractivity contribution in [3.63, 3.8) is 0 Å². The Balaban J connectivity index is 0.975. The molecule has 4 aliphatic rings. The zero-order valence-corrected chi connectivity index (χ0v) is 57.7. The smallest absolute Gasteiger partial charge is 0.261 e. The molecular formula is C72H84N4O4S7. The third kappa shape index (κ3) is 12.8. The lowest BCUT2D eigenvalue weighted by molar-refractivity contribution is -0.124. The first kappa shape index (κ1) is 63.3. The molecule has 0 saturated heterocycles. The molecule has 8 nitrogen and oxygen atoms in total. The molecule has 7 aromatic rings. The second-order valence-electron chi connectivity index (χ2n) is 24.0. The summed E-state index contributed by atoms with van der Waals surface area (Å²) < 4.78 is 0. The molecule has 11 heterocycles. The SMILES string of the molecule is CCCCC(CC)CN1C(=O)C2=C(c3ccc(-c4ccc(-c5ccc(C6=C7C(=O)N(CC(CC)CCCC)C(c8ccc(-c9cccs9)s8)=C7C(=O)N6CC(CC)CCCC)s5)s4)s3)N(CC(CC)CCCC)C(=O)C2=C1c1ccc(-c2cccs2)s1. The Bertz CT molecular complexity index is 3470. The minimum absolute atomic E-state index is 0.0575. The molecule has 11 rings (SSSR count). The number of nitrogens with zero attached hydrogens (tertiary/aromatic N) is 4. The molecule has 0 saturated carbocycles. The molecular weight excluding hydrogens is 1210 g/mol. The van der Waals surface area contributed by atoms with E-state index in [4.69, 9.17) is 0 Å². The fourth-order valence-corrected chi connectivity index (χ4v) is 20.2. The van der Waals surface area contributed by atoms with Crippen LogP contribution in [0.5, 0.6) is 0 Å². The number of amides is 4. The van der Waals surface area contributed by atoms with Crippen LogP contribution in [-0.2, 0) is 19.2 Å². The Morgan fingerprint density at radius 1 is 0.299 bits per heavy atom. The fourth-order valence-electron chi connectivity index (χ4n) is 13.0. The summed E-state index contributed by atoms with van der Waals surface area (Å²) in [7, 11) is 0. The van der Waals surface area contributed by atoms with Gasteiger partial charge in [0, 0.05) is 65.2 Å². The molecule has 0 bridgehead atoms. The largest absolute Gasteiger partial charge is 0.306 e. The van der Waals surface area contributed by atoms with Crippen molar-refractivity contribution in [2.75, 3.05) is 26.2 Å². The quantitative estimate of drug-likeness (QED) is 0.0421. The average Bonchev–Trinajstić information content (AvgIpc) is 1.69. The van der Waals surface area contributed by atoms with Gasteiger partial charge in [-0.15, -0.1) is 79.4 Å². The van der Waals surface area contributed by atoms with Crippen LogP contribution in [0.2, 0.25) is 0 Å². The number of carbonyl (C=O) groups excluding carboxylic acids is 4. The third-order valence-electron chi connectivity index (χ3n) is 18.3. The van der Waals surface area contributed by atoms with Gasteiger partial charge in [-0.2, -0.15) is 0 Å². The van der Waals surface area contributed by atoms with Crippen LogP contribution in [0.3, 0.4) is 0 Å². The maximum Gasteiger partial charge on any atom is 0.261 e. The van der Waals surface area contributed by atoms with Crippen molar-refractivity contribution in [3.05, 3.63) is 137 Å². The first-order chi connectivity index (χ1) is 42.5. The van der Waals surface area contributed by atoms with Crippen LogP contribution in [0.15, 0.2) is 118 Å². The lowest BCUT2D eigenvalue weighted by atomic mass is 9.98. The van der Waals surface area contributed by atoms with Crippen molar-refractivity contribution in [2.45, 2.75) is 158 Å². The van der Waals surface area contributed by atoms with Crippen LogP contribution in [0, 0.1) is 23.7 Å². The van der Waals surface area contributed by atoms with Crippen molar-refractivity contribution in [3.8, 4) is 39.0 Å². The second kappa shape index (κ2) is 28.7. The van der Waals surface area contributed by atoms with Crippen molar-refractivity contribution in [1.29, 1.82) is 0 Å². The molecule has 0 spiro atoms. The topological polar surface area (TPSA) is 81.2 Å². The Morgan fingerprint density at radius 3 is 0.724 bits per heavy atom. The van der Waals surface area contributed by atoms with E-state index in [-0.39, 0.29) is 23.6 Å². The summed E-state index contributed by atoms with van der Waals surface area (Å²) in [6, 6.07) is 30.0. The van der Waals surface area contributed by atoms with Gasteiger partial charge in [-0.1, -0.05) is 145 Å². The highest BCUT2D eigenvalue weighted by molar-refractivity contribution is 7.27. The number of carbonyl (C=O) groups is 4. The molecule has 4 atom stereocenters. The van der Waals surface area contributed by atoms with Gasteiger partial charge in [0.15, 0.2) is 0 Å². The molecule has 4 amide bonds. The summed E-state index contributed by atoms with van der Waals surface area (Å²) in [6.45, 7) is 20.1. The monoisotopic (exact) mass is 1290 g/mol. The summed E-state index contributed by atoms with van der Waals surface area (Å²) in [4.78, 5) is 82.9. The maximum absolute atomic E-state index is 15.5. The summed E-state index contributed by atoms with van der Waals surface area (Å²) >= 11 is 11.8. The zero-order valence-electron chi connectivity index (χ0n) is 52.0. The predicted octanol–water partition coefficient (Wildman–Crippen LogP) is 21.3. The highest BCUT2D eigenvalue weighted by atomic mass is 32.1. The van der Waals surface area contributed by atoms with Crippen LogP contribution in [0.1, 0.15) is 178 Å². The van der Waals surface area contributed by atoms with Crippen molar-refractivity contribution in [1.82, 2.24) is 19.6 Å². The standard InChI is InChI=1S/C72H84N4O4S7/c1-9-17-23-45(13-5)41-73-65(57-35-31-51(84-57)49-27-21-39-81-49)61-63(71(73)79)67(75(69(61)77)43-47(15-7)25-19-11-3)59-37-33-55(86-59)53-29-30-54(83-53)56-34-38-60(87-56)68-64-62(70(78)76(68)44-48(16-8)26-20-12-4)66(58-36-32-52(85-58)50-28-22-40-82-50)74(72(64)80)42-46(14-6)24-18-10-2/h21-22,27-40,45-48H,9-20,23-26,41-44H2,1-8H3. The molecule has 7 aromatic heterocycles. The van der Waals surface area contributed by atoms with E-state index >= 15 is 19.2 Å². The van der Waals surface area contributed by atoms with E-state index in [0.29, 0.717) is 72.1 Å². The Labute approximate surface area is 544 Å². The second-order valence-corrected chi connectivity index (χ2v) is 31.3. The van der Waals surface area contributed by atoms with E-state index in [1.165, 1.54) is 9.75 Å². The zero-order chi connectivity index (χ0) is 60.9. The number of hydrogen-bond acceptors (Lipinski definition) is 11. The summed E-state index contributed by atoms with van der Waals surface area (Å²) in [5.74, 6) is 0.989. The van der Waals surface area contributed by atoms with Crippen LogP contribution in [0.4, 0.5) is 0 Å². The first-order valence-electron chi connectivity index (χ1n) is 32.3. The van der Waals surface area contributed by atoms with E-state index in [1.807, 2.05) is 19.6 Å². The van der Waals surface area contributed by atoms with Crippen LogP contribution in [0.25, 0.3) is 61.8 Å². The minimum Gasteiger partial charge on any atom is -0.306 e. The summed E-state index contributed by atoms with van der Waals surface area (Å²) in [5, 5.41) is 4.20. The maximum atomic E-state index is 15.5. The summed E-state index contributed by atoms with van der Waals surface area (Å²) in [5.41, 5.74) is 5.33. The van der Waals surface area contributed by atoms with E-state index in [0.717, 1.165) is 174 Å². The van der Waals surface area contributed by atoms with E-state index < -0.39 is 0 Å². The Hall–Kier alpha value is -5.26. The van der Waals surface area contributed by atoms with Crippen molar-refractivity contribution >= 4 is 126 Å². The lowest BCUT2D eigenvalue weighted by Crippen LogP contribution is -2.34. The summed E-state index contributed by atoms with van der Waals surface area (Å²) in [6.07, 6.45) is 16.7. The number of fused-ring (bicyclic) bond motifs is 2. The van der Waals surface area contributed by atoms with Crippen LogP contribution < -0.4 is 0 Å². The van der Waals surface area contributed by atoms with Gasteiger partial charge in [-0.3, -0.25) is 19.2 Å². The molecule has 458 valence electrons. The lowest BCUT2D eigenvalue weighted by Gasteiger charge is -2.29. The van der Waals surface area contributed by atoms with Gasteiger partial charge in [0.25, 0.3) is 23.6 Å². The highest BCUT2D eigenvalue weighted by Gasteiger charge is 2.52. The van der Waals surface area contributed by atoms with Crippen LogP contribution in [-0.4, -0.2) is 69.4 Å². The highest BCUT2D eigenvalue weighted by Crippen LogP contribution is 2.54. The van der Waals surface area contributed by atoms with Crippen molar-refractivity contribution in [2.24, 2.45) is 23.7 Å². The number of hydrogen-bond donors (Lipinski definition) is 0. The van der Waals surface area contributed by atoms with Gasteiger partial charge in [0.05, 0.1) is 64.6 Å². The third-order valence-corrected chi connectivity index (χ3v) is 26.3. The predicted molar refractivity (Wildman–Crippen MR) is 374 cm³/mol. The van der Waals surface area contributed by atoms with Crippen molar-refractivity contribution < 1.29 is 19.2 Å². The van der Waals surface area contributed by atoms with Gasteiger partial charge in [-0.05, 0) is 133 Å².